The molecule has 1 heterocycles. The van der Waals surface area contributed by atoms with E-state index in [1.165, 1.54) is 13.4 Å². The van der Waals surface area contributed by atoms with Crippen molar-refractivity contribution in [2.45, 2.75) is 19.4 Å². The van der Waals surface area contributed by atoms with Gasteiger partial charge < -0.3 is 24.9 Å². The maximum Gasteiger partial charge on any atom is 0.277 e. The van der Waals surface area contributed by atoms with Gasteiger partial charge in [-0.2, -0.15) is 0 Å². The summed E-state index contributed by atoms with van der Waals surface area (Å²) in [6.45, 7) is 1.91. The van der Waals surface area contributed by atoms with E-state index in [1.807, 2.05) is 6.92 Å². The Morgan fingerprint density at radius 3 is 2.73 bits per heavy atom. The van der Waals surface area contributed by atoms with Crippen LogP contribution in [0.15, 0.2) is 28.9 Å². The van der Waals surface area contributed by atoms with Crippen molar-refractivity contribution in [3.05, 3.63) is 36.0 Å². The summed E-state index contributed by atoms with van der Waals surface area (Å²) in [7, 11) is 3.07. The molecule has 0 saturated carbocycles. The highest BCUT2D eigenvalue weighted by Gasteiger charge is 2.16. The maximum atomic E-state index is 12.1. The lowest BCUT2D eigenvalue weighted by atomic mass is 10.2. The molecule has 1 aromatic heterocycles. The van der Waals surface area contributed by atoms with Crippen LogP contribution in [-0.4, -0.2) is 25.1 Å². The Kier molecular flexibility index (Phi) is 5.00. The van der Waals surface area contributed by atoms with Crippen LogP contribution in [0.2, 0.25) is 0 Å². The van der Waals surface area contributed by atoms with Gasteiger partial charge in [0.05, 0.1) is 20.3 Å². The lowest BCUT2D eigenvalue weighted by molar-refractivity contribution is 0.102. The molecule has 0 aliphatic heterocycles. The molecule has 3 N–H and O–H groups in total. The molecule has 0 bridgehead atoms. The quantitative estimate of drug-likeness (QED) is 0.849. The first-order valence-electron chi connectivity index (χ1n) is 6.83. The fraction of sp³-hybridized carbons (Fsp3) is 0.333. The zero-order valence-electron chi connectivity index (χ0n) is 12.8. The largest absolute Gasteiger partial charge is 0.493 e. The van der Waals surface area contributed by atoms with Crippen LogP contribution in [0, 0.1) is 0 Å². The van der Waals surface area contributed by atoms with Gasteiger partial charge in [-0.1, -0.05) is 6.92 Å². The summed E-state index contributed by atoms with van der Waals surface area (Å²) < 4.78 is 15.5. The number of anilines is 1. The Morgan fingerprint density at radius 1 is 1.36 bits per heavy atom. The van der Waals surface area contributed by atoms with E-state index in [0.29, 0.717) is 29.5 Å². The van der Waals surface area contributed by atoms with Crippen LogP contribution in [0.25, 0.3) is 0 Å². The first-order valence-corrected chi connectivity index (χ1v) is 6.83. The molecule has 0 spiro atoms. The molecular formula is C15H19N3O4. The number of carbonyl (C=O) groups excluding carboxylic acids is 1. The summed E-state index contributed by atoms with van der Waals surface area (Å²) in [5.41, 5.74) is 6.55. The lowest BCUT2D eigenvalue weighted by Crippen LogP contribution is -2.14. The molecule has 118 valence electrons. The second kappa shape index (κ2) is 6.95. The van der Waals surface area contributed by atoms with Crippen LogP contribution >= 0.6 is 0 Å². The van der Waals surface area contributed by atoms with E-state index in [0.717, 1.165) is 0 Å². The standard InChI is InChI=1S/C15H19N3O4/c1-4-10(16)15-18-11(8-22-15)14(19)17-9-5-6-12(20-2)13(7-9)21-3/h5-8,10H,4,16H2,1-3H3,(H,17,19). The summed E-state index contributed by atoms with van der Waals surface area (Å²) in [4.78, 5) is 16.2. The molecular weight excluding hydrogens is 286 g/mol. The van der Waals surface area contributed by atoms with Crippen molar-refractivity contribution in [2.75, 3.05) is 19.5 Å². The first-order chi connectivity index (χ1) is 10.6. The van der Waals surface area contributed by atoms with Gasteiger partial charge in [-0.3, -0.25) is 4.79 Å². The van der Waals surface area contributed by atoms with Crippen molar-refractivity contribution in [1.82, 2.24) is 4.98 Å². The number of nitrogens with two attached hydrogens (primary N) is 1. The van der Waals surface area contributed by atoms with Crippen LogP contribution in [0.5, 0.6) is 11.5 Å². The van der Waals surface area contributed by atoms with Crippen molar-refractivity contribution in [3.8, 4) is 11.5 Å². The Hall–Kier alpha value is -2.54. The number of aromatic nitrogens is 1. The number of rotatable bonds is 6. The van der Waals surface area contributed by atoms with Crippen LogP contribution in [-0.2, 0) is 0 Å². The van der Waals surface area contributed by atoms with Crippen molar-refractivity contribution in [1.29, 1.82) is 0 Å². The highest BCUT2D eigenvalue weighted by atomic mass is 16.5. The van der Waals surface area contributed by atoms with Gasteiger partial charge in [-0.25, -0.2) is 4.98 Å². The zero-order chi connectivity index (χ0) is 16.1. The molecule has 1 unspecified atom stereocenters. The number of hydrogen-bond acceptors (Lipinski definition) is 6. The van der Waals surface area contributed by atoms with Gasteiger partial charge >= 0.3 is 0 Å². The lowest BCUT2D eigenvalue weighted by Gasteiger charge is -2.09. The van der Waals surface area contributed by atoms with E-state index in [4.69, 9.17) is 19.6 Å². The minimum Gasteiger partial charge on any atom is -0.493 e. The Morgan fingerprint density at radius 2 is 2.09 bits per heavy atom. The Labute approximate surface area is 128 Å². The van der Waals surface area contributed by atoms with Gasteiger partial charge in [0, 0.05) is 11.8 Å². The third kappa shape index (κ3) is 3.37. The number of methoxy groups -OCH3 is 2. The molecule has 7 nitrogen and oxygen atoms in total. The summed E-state index contributed by atoms with van der Waals surface area (Å²) in [5.74, 6) is 1.07. The smallest absolute Gasteiger partial charge is 0.277 e. The van der Waals surface area contributed by atoms with Gasteiger partial charge in [0.2, 0.25) is 5.89 Å². The van der Waals surface area contributed by atoms with Gasteiger partial charge in [0.25, 0.3) is 5.91 Å². The monoisotopic (exact) mass is 305 g/mol. The van der Waals surface area contributed by atoms with Crippen LogP contribution in [0.4, 0.5) is 5.69 Å². The van der Waals surface area contributed by atoms with Gasteiger partial charge in [-0.05, 0) is 18.6 Å². The minimum atomic E-state index is -0.384. The summed E-state index contributed by atoms with van der Waals surface area (Å²) in [6, 6.07) is 4.76. The van der Waals surface area contributed by atoms with Crippen LogP contribution in [0.3, 0.4) is 0 Å². The molecule has 22 heavy (non-hydrogen) atoms. The number of nitrogens with one attached hydrogen (secondary N) is 1. The molecule has 7 heteroatoms. The molecule has 2 aromatic rings. The van der Waals surface area contributed by atoms with E-state index >= 15 is 0 Å². The normalized spacial score (nSPS) is 11.8. The number of benzene rings is 1. The van der Waals surface area contributed by atoms with Gasteiger partial charge in [-0.15, -0.1) is 0 Å². The maximum absolute atomic E-state index is 12.1. The zero-order valence-corrected chi connectivity index (χ0v) is 12.8. The number of carbonyl (C=O) groups is 1. The van der Waals surface area contributed by atoms with E-state index < -0.39 is 0 Å². The fourth-order valence-electron chi connectivity index (χ4n) is 1.85. The van der Waals surface area contributed by atoms with Crippen molar-refractivity contribution in [3.63, 3.8) is 0 Å². The second-order valence-corrected chi connectivity index (χ2v) is 4.61. The SMILES string of the molecule is CCC(N)c1nc(C(=O)Nc2ccc(OC)c(OC)c2)co1. The number of ether oxygens (including phenoxy) is 2. The Bertz CT molecular complexity index is 654. The highest BCUT2D eigenvalue weighted by Crippen LogP contribution is 2.29. The van der Waals surface area contributed by atoms with Crippen molar-refractivity contribution < 1.29 is 18.7 Å². The molecule has 0 radical (unpaired) electrons. The molecule has 1 amide bonds. The molecule has 2 rings (SSSR count). The fourth-order valence-corrected chi connectivity index (χ4v) is 1.85. The molecule has 1 aromatic carbocycles. The summed E-state index contributed by atoms with van der Waals surface area (Å²) >= 11 is 0. The van der Waals surface area contributed by atoms with Crippen LogP contribution in [0.1, 0.15) is 35.8 Å². The Balaban J connectivity index is 2.13. The van der Waals surface area contributed by atoms with E-state index in [1.54, 1.807) is 25.3 Å². The minimum absolute atomic E-state index is 0.175. The number of oxazole rings is 1. The molecule has 0 aliphatic carbocycles. The third-order valence-corrected chi connectivity index (χ3v) is 3.15. The number of nitrogens with zero attached hydrogens (tertiary/aromatic N) is 1. The average Bonchev–Trinajstić information content (AvgIpc) is 3.04. The van der Waals surface area contributed by atoms with Gasteiger partial charge in [0.15, 0.2) is 17.2 Å². The third-order valence-electron chi connectivity index (χ3n) is 3.15. The average molecular weight is 305 g/mol. The van der Waals surface area contributed by atoms with E-state index in [-0.39, 0.29) is 17.6 Å². The van der Waals surface area contributed by atoms with Crippen LogP contribution < -0.4 is 20.5 Å². The first kappa shape index (κ1) is 15.8. The van der Waals surface area contributed by atoms with Gasteiger partial charge in [0.1, 0.15) is 6.26 Å². The van der Waals surface area contributed by atoms with E-state index in [2.05, 4.69) is 10.3 Å². The topological polar surface area (TPSA) is 99.6 Å². The summed E-state index contributed by atoms with van der Waals surface area (Å²) in [6.07, 6.45) is 1.97. The number of hydrogen-bond donors (Lipinski definition) is 2. The van der Waals surface area contributed by atoms with Crippen molar-refractivity contribution in [2.24, 2.45) is 5.73 Å². The predicted octanol–water partition coefficient (Wildman–Crippen LogP) is 2.35. The molecule has 0 saturated heterocycles. The molecule has 0 fully saturated rings. The number of amides is 1. The van der Waals surface area contributed by atoms with Crippen molar-refractivity contribution >= 4 is 11.6 Å². The molecule has 1 atom stereocenters. The predicted molar refractivity (Wildman–Crippen MR) is 81.2 cm³/mol. The summed E-state index contributed by atoms with van der Waals surface area (Å²) in [5, 5.41) is 2.72. The second-order valence-electron chi connectivity index (χ2n) is 4.61. The van der Waals surface area contributed by atoms with E-state index in [9.17, 15) is 4.79 Å². The molecule has 0 aliphatic rings. The highest BCUT2D eigenvalue weighted by molar-refractivity contribution is 6.02.